The molecular weight excluding hydrogens is 465 g/mol. The third-order valence-corrected chi connectivity index (χ3v) is 6.49. The number of rotatable bonds is 10. The highest BCUT2D eigenvalue weighted by Crippen LogP contribution is 2.33. The molecule has 0 radical (unpaired) electrons. The molecule has 3 nitrogen and oxygen atoms in total. The van der Waals surface area contributed by atoms with Crippen molar-refractivity contribution in [2.75, 3.05) is 19.8 Å². The first kappa shape index (κ1) is 26.2. The monoisotopic (exact) mass is 498 g/mol. The fourth-order valence-electron chi connectivity index (χ4n) is 4.41. The highest BCUT2D eigenvalue weighted by molar-refractivity contribution is 5.71. The molecule has 6 heteroatoms. The van der Waals surface area contributed by atoms with E-state index in [-0.39, 0.29) is 29.3 Å². The maximum absolute atomic E-state index is 15.0. The summed E-state index contributed by atoms with van der Waals surface area (Å²) in [6.07, 6.45) is 4.72. The molecule has 192 valence electrons. The molecule has 1 saturated heterocycles. The van der Waals surface area contributed by atoms with E-state index in [1.54, 1.807) is 30.3 Å². The topological polar surface area (TPSA) is 27.7 Å². The lowest BCUT2D eigenvalue weighted by atomic mass is 9.95. The quantitative estimate of drug-likeness (QED) is 0.263. The summed E-state index contributed by atoms with van der Waals surface area (Å²) in [7, 11) is 0. The normalized spacial score (nSPS) is 17.8. The molecule has 1 fully saturated rings. The Morgan fingerprint density at radius 2 is 1.47 bits per heavy atom. The second-order valence-electron chi connectivity index (χ2n) is 9.19. The van der Waals surface area contributed by atoms with Gasteiger partial charge in [0.1, 0.15) is 5.82 Å². The van der Waals surface area contributed by atoms with Crippen molar-refractivity contribution in [3.05, 3.63) is 77.6 Å². The molecule has 1 aliphatic heterocycles. The molecule has 0 atom stereocenters. The van der Waals surface area contributed by atoms with Crippen LogP contribution in [0.1, 0.15) is 57.4 Å². The molecule has 0 amide bonds. The van der Waals surface area contributed by atoms with Crippen LogP contribution in [0.4, 0.5) is 13.2 Å². The van der Waals surface area contributed by atoms with Crippen LogP contribution in [0.15, 0.2) is 54.6 Å². The van der Waals surface area contributed by atoms with Gasteiger partial charge < -0.3 is 14.2 Å². The molecule has 1 heterocycles. The average molecular weight is 499 g/mol. The molecular formula is C30H33F3O3. The molecule has 3 aromatic rings. The standard InChI is InChI=1S/C30H33F3O3/c1-3-5-6-7-28-35-18-23(19-36-28)24-13-12-22(17-26(24)31)20-8-10-21(11-9-20)25-14-15-27(34-16-4-2)30(33)29(25)32/h8-15,17,23,28H,3-7,16,18-19H2,1-2H3. The zero-order chi connectivity index (χ0) is 25.5. The SMILES string of the molecule is CCCCCC1OCC(c2ccc(-c3ccc(-c4ccc(OCCC)c(F)c4F)cc3)cc2F)CO1. The summed E-state index contributed by atoms with van der Waals surface area (Å²) >= 11 is 0. The van der Waals surface area contributed by atoms with Gasteiger partial charge in [0.25, 0.3) is 0 Å². The first-order chi connectivity index (χ1) is 17.5. The number of halogens is 3. The summed E-state index contributed by atoms with van der Waals surface area (Å²) in [5.74, 6) is -2.49. The van der Waals surface area contributed by atoms with Crippen molar-refractivity contribution in [3.8, 4) is 28.0 Å². The van der Waals surface area contributed by atoms with Gasteiger partial charge in [-0.25, -0.2) is 8.78 Å². The first-order valence-corrected chi connectivity index (χ1v) is 12.8. The minimum atomic E-state index is -0.995. The summed E-state index contributed by atoms with van der Waals surface area (Å²) < 4.78 is 60.9. The lowest BCUT2D eigenvalue weighted by Gasteiger charge is -2.30. The van der Waals surface area contributed by atoms with Gasteiger partial charge in [-0.1, -0.05) is 63.1 Å². The number of unbranched alkanes of at least 4 members (excludes halogenated alkanes) is 2. The van der Waals surface area contributed by atoms with Crippen molar-refractivity contribution in [2.24, 2.45) is 0 Å². The van der Waals surface area contributed by atoms with E-state index in [1.165, 1.54) is 18.2 Å². The molecule has 0 N–H and O–H groups in total. The Morgan fingerprint density at radius 1 is 0.778 bits per heavy atom. The molecule has 0 aliphatic carbocycles. The Labute approximate surface area is 211 Å². The predicted octanol–water partition coefficient (Wildman–Crippen LogP) is 8.26. The molecule has 0 unspecified atom stereocenters. The Morgan fingerprint density at radius 3 is 2.14 bits per heavy atom. The second-order valence-corrected chi connectivity index (χ2v) is 9.19. The van der Waals surface area contributed by atoms with E-state index in [4.69, 9.17) is 14.2 Å². The molecule has 0 spiro atoms. The van der Waals surface area contributed by atoms with Gasteiger partial charge in [0.05, 0.1) is 19.8 Å². The van der Waals surface area contributed by atoms with Gasteiger partial charge in [-0.3, -0.25) is 0 Å². The number of ether oxygens (including phenoxy) is 3. The summed E-state index contributed by atoms with van der Waals surface area (Å²) in [5, 5.41) is 0. The summed E-state index contributed by atoms with van der Waals surface area (Å²) in [5.41, 5.74) is 2.73. The highest BCUT2D eigenvalue weighted by atomic mass is 19.2. The minimum Gasteiger partial charge on any atom is -0.490 e. The Hall–Kier alpha value is -2.83. The smallest absolute Gasteiger partial charge is 0.201 e. The van der Waals surface area contributed by atoms with E-state index in [2.05, 4.69) is 6.92 Å². The largest absolute Gasteiger partial charge is 0.490 e. The molecule has 1 aliphatic rings. The predicted molar refractivity (Wildman–Crippen MR) is 136 cm³/mol. The van der Waals surface area contributed by atoms with Crippen molar-refractivity contribution >= 4 is 0 Å². The molecule has 0 saturated carbocycles. The van der Waals surface area contributed by atoms with Crippen LogP contribution >= 0.6 is 0 Å². The van der Waals surface area contributed by atoms with Gasteiger partial charge in [-0.15, -0.1) is 0 Å². The van der Waals surface area contributed by atoms with Gasteiger partial charge in [-0.05, 0) is 59.7 Å². The lowest BCUT2D eigenvalue weighted by molar-refractivity contribution is -0.190. The van der Waals surface area contributed by atoms with E-state index in [0.717, 1.165) is 31.2 Å². The van der Waals surface area contributed by atoms with Crippen molar-refractivity contribution < 1.29 is 27.4 Å². The van der Waals surface area contributed by atoms with E-state index >= 15 is 4.39 Å². The van der Waals surface area contributed by atoms with Crippen LogP contribution in [0.3, 0.4) is 0 Å². The van der Waals surface area contributed by atoms with E-state index in [9.17, 15) is 8.78 Å². The molecule has 0 bridgehead atoms. The first-order valence-electron chi connectivity index (χ1n) is 12.8. The lowest BCUT2D eigenvalue weighted by Crippen LogP contribution is -2.31. The fraction of sp³-hybridized carbons (Fsp3) is 0.400. The van der Waals surface area contributed by atoms with Gasteiger partial charge in [-0.2, -0.15) is 4.39 Å². The minimum absolute atomic E-state index is 0.0916. The van der Waals surface area contributed by atoms with Crippen LogP contribution in [-0.4, -0.2) is 26.1 Å². The molecule has 4 rings (SSSR count). The van der Waals surface area contributed by atoms with E-state index in [0.29, 0.717) is 42.9 Å². The Bertz CT molecular complexity index is 1140. The van der Waals surface area contributed by atoms with Gasteiger partial charge in [0.2, 0.25) is 5.82 Å². The van der Waals surface area contributed by atoms with Crippen LogP contribution < -0.4 is 4.74 Å². The van der Waals surface area contributed by atoms with Crippen LogP contribution in [0.25, 0.3) is 22.3 Å². The van der Waals surface area contributed by atoms with Crippen molar-refractivity contribution in [3.63, 3.8) is 0 Å². The van der Waals surface area contributed by atoms with E-state index < -0.39 is 11.6 Å². The van der Waals surface area contributed by atoms with Crippen molar-refractivity contribution in [1.29, 1.82) is 0 Å². The van der Waals surface area contributed by atoms with E-state index in [1.807, 2.05) is 13.0 Å². The highest BCUT2D eigenvalue weighted by Gasteiger charge is 2.25. The van der Waals surface area contributed by atoms with Gasteiger partial charge in [0, 0.05) is 11.5 Å². The third kappa shape index (κ3) is 6.11. The maximum atomic E-state index is 15.0. The summed E-state index contributed by atoms with van der Waals surface area (Å²) in [6.45, 7) is 5.24. The summed E-state index contributed by atoms with van der Waals surface area (Å²) in [6, 6.07) is 15.0. The van der Waals surface area contributed by atoms with Crippen LogP contribution in [0.2, 0.25) is 0 Å². The number of hydrogen-bond donors (Lipinski definition) is 0. The van der Waals surface area contributed by atoms with Crippen molar-refractivity contribution in [2.45, 2.75) is 58.2 Å². The van der Waals surface area contributed by atoms with Crippen LogP contribution in [0, 0.1) is 17.5 Å². The van der Waals surface area contributed by atoms with Crippen LogP contribution in [-0.2, 0) is 9.47 Å². The Balaban J connectivity index is 1.43. The van der Waals surface area contributed by atoms with Crippen molar-refractivity contribution in [1.82, 2.24) is 0 Å². The number of hydrogen-bond acceptors (Lipinski definition) is 3. The van der Waals surface area contributed by atoms with Crippen LogP contribution in [0.5, 0.6) is 5.75 Å². The molecule has 36 heavy (non-hydrogen) atoms. The maximum Gasteiger partial charge on any atom is 0.201 e. The van der Waals surface area contributed by atoms with Gasteiger partial charge >= 0.3 is 0 Å². The Kier molecular flexibility index (Phi) is 9.05. The van der Waals surface area contributed by atoms with Gasteiger partial charge in [0.15, 0.2) is 17.9 Å². The molecule has 3 aromatic carbocycles. The molecule has 0 aromatic heterocycles. The fourth-order valence-corrected chi connectivity index (χ4v) is 4.41. The zero-order valence-electron chi connectivity index (χ0n) is 20.9. The average Bonchev–Trinajstić information content (AvgIpc) is 2.90. The summed E-state index contributed by atoms with van der Waals surface area (Å²) in [4.78, 5) is 0. The number of benzene rings is 3. The zero-order valence-corrected chi connectivity index (χ0v) is 20.9. The third-order valence-electron chi connectivity index (χ3n) is 6.49. The second kappa shape index (κ2) is 12.4.